The van der Waals surface area contributed by atoms with Crippen LogP contribution >= 0.6 is 0 Å². The topological polar surface area (TPSA) is 82.8 Å². The summed E-state index contributed by atoms with van der Waals surface area (Å²) in [5.74, 6) is 0.453. The second-order valence-electron chi connectivity index (χ2n) is 7.45. The molecule has 2 aliphatic heterocycles. The third-order valence-electron chi connectivity index (χ3n) is 5.60. The highest BCUT2D eigenvalue weighted by atomic mass is 16.5. The third kappa shape index (κ3) is 3.26. The predicted molar refractivity (Wildman–Crippen MR) is 114 cm³/mol. The van der Waals surface area contributed by atoms with Crippen LogP contribution in [-0.4, -0.2) is 29.0 Å². The minimum atomic E-state index is -0.903. The molecule has 0 saturated carbocycles. The van der Waals surface area contributed by atoms with Crippen molar-refractivity contribution in [1.29, 1.82) is 5.26 Å². The molecule has 6 nitrogen and oxygen atoms in total. The second-order valence-corrected chi connectivity index (χ2v) is 7.45. The number of hydrazone groups is 1. The van der Waals surface area contributed by atoms with Gasteiger partial charge < -0.3 is 4.74 Å². The lowest BCUT2D eigenvalue weighted by molar-refractivity contribution is -0.00455. The van der Waals surface area contributed by atoms with Gasteiger partial charge >= 0.3 is 0 Å². The van der Waals surface area contributed by atoms with Crippen molar-refractivity contribution in [2.24, 2.45) is 5.10 Å². The van der Waals surface area contributed by atoms with Gasteiger partial charge in [-0.15, -0.1) is 0 Å². The molecule has 2 atom stereocenters. The molecular weight excluding hydrogens is 390 g/mol. The predicted octanol–water partition coefficient (Wildman–Crippen LogP) is 4.12. The Labute approximate surface area is 179 Å². The van der Waals surface area contributed by atoms with Crippen LogP contribution in [0.25, 0.3) is 0 Å². The van der Waals surface area contributed by atoms with Gasteiger partial charge in [-0.3, -0.25) is 9.59 Å². The Morgan fingerprint density at radius 3 is 2.52 bits per heavy atom. The van der Waals surface area contributed by atoms with Crippen molar-refractivity contribution in [2.45, 2.75) is 18.7 Å². The number of ketones is 1. The number of nitriles is 1. The van der Waals surface area contributed by atoms with Gasteiger partial charge in [0.1, 0.15) is 12.0 Å². The molecule has 0 saturated heterocycles. The number of Topliss-reactive ketones (excluding diaryl/α,β-unsaturated/α-hetero) is 1. The van der Waals surface area contributed by atoms with Crippen LogP contribution in [0.5, 0.6) is 5.75 Å². The van der Waals surface area contributed by atoms with Gasteiger partial charge in [-0.2, -0.15) is 10.4 Å². The first kappa shape index (κ1) is 18.8. The number of nitrogens with zero attached hydrogens (tertiary/aromatic N) is 3. The number of aldehydes is 1. The largest absolute Gasteiger partial charge is 0.461 e. The molecule has 0 amide bonds. The highest BCUT2D eigenvalue weighted by molar-refractivity contribution is 6.04. The molecule has 0 radical (unpaired) electrons. The monoisotopic (exact) mass is 407 g/mol. The van der Waals surface area contributed by atoms with Crippen LogP contribution in [0.15, 0.2) is 77.9 Å². The van der Waals surface area contributed by atoms with Crippen molar-refractivity contribution in [3.05, 3.63) is 101 Å². The van der Waals surface area contributed by atoms with Crippen molar-refractivity contribution in [2.75, 3.05) is 0 Å². The van der Waals surface area contributed by atoms with Gasteiger partial charge in [0.2, 0.25) is 5.78 Å². The van der Waals surface area contributed by atoms with Crippen molar-refractivity contribution < 1.29 is 14.3 Å². The molecule has 3 aromatic rings. The summed E-state index contributed by atoms with van der Waals surface area (Å²) in [7, 11) is 0. The van der Waals surface area contributed by atoms with Gasteiger partial charge in [-0.05, 0) is 35.9 Å². The van der Waals surface area contributed by atoms with Crippen LogP contribution < -0.4 is 4.74 Å². The summed E-state index contributed by atoms with van der Waals surface area (Å²) in [6.45, 7) is 0. The maximum atomic E-state index is 13.3. The molecule has 31 heavy (non-hydrogen) atoms. The van der Waals surface area contributed by atoms with Crippen LogP contribution in [0.3, 0.4) is 0 Å². The number of hydrogen-bond donors (Lipinski definition) is 0. The van der Waals surface area contributed by atoms with E-state index in [0.717, 1.165) is 23.1 Å². The summed E-state index contributed by atoms with van der Waals surface area (Å²) >= 11 is 0. The fourth-order valence-corrected chi connectivity index (χ4v) is 3.99. The summed E-state index contributed by atoms with van der Waals surface area (Å²) in [4.78, 5) is 24.3. The lowest BCUT2D eigenvalue weighted by Crippen LogP contribution is -2.45. The molecule has 150 valence electrons. The number of carbonyl (C=O) groups is 2. The zero-order chi connectivity index (χ0) is 21.4. The SMILES string of the molecule is N#Cc1ccc(C(=O)C2Oc3ccccc3C3CC(c4ccc(C=O)cc4)=NN23)cc1. The van der Waals surface area contributed by atoms with E-state index in [-0.39, 0.29) is 11.8 Å². The molecule has 3 aromatic carbocycles. The fourth-order valence-electron chi connectivity index (χ4n) is 3.99. The summed E-state index contributed by atoms with van der Waals surface area (Å²) in [6, 6.07) is 23.4. The Balaban J connectivity index is 1.53. The van der Waals surface area contributed by atoms with Crippen molar-refractivity contribution in [1.82, 2.24) is 5.01 Å². The molecule has 0 spiro atoms. The van der Waals surface area contributed by atoms with Gasteiger partial charge in [-0.1, -0.05) is 42.5 Å². The Hall–Kier alpha value is -4.24. The van der Waals surface area contributed by atoms with Gasteiger partial charge in [-0.25, -0.2) is 5.01 Å². The standard InChI is InChI=1S/C25H17N3O3/c26-14-16-5-11-19(12-6-16)24(30)25-28-22(20-3-1-2-4-23(20)31-25)13-21(27-28)18-9-7-17(15-29)8-10-18/h1-12,15,22,25H,13H2. The molecule has 0 aromatic heterocycles. The highest BCUT2D eigenvalue weighted by Gasteiger charge is 2.43. The minimum Gasteiger partial charge on any atom is -0.461 e. The quantitative estimate of drug-likeness (QED) is 0.480. The Bertz CT molecular complexity index is 1240. The van der Waals surface area contributed by atoms with Crippen molar-refractivity contribution >= 4 is 17.8 Å². The van der Waals surface area contributed by atoms with E-state index in [0.29, 0.717) is 28.9 Å². The number of para-hydroxylation sites is 1. The van der Waals surface area contributed by atoms with Crippen LogP contribution in [0.1, 0.15) is 49.9 Å². The molecule has 2 aliphatic rings. The molecule has 0 bridgehead atoms. The number of hydrogen-bond acceptors (Lipinski definition) is 6. The average molecular weight is 407 g/mol. The lowest BCUT2D eigenvalue weighted by Gasteiger charge is -2.37. The van der Waals surface area contributed by atoms with Gasteiger partial charge in [0, 0.05) is 23.1 Å². The molecule has 2 heterocycles. The normalized spacial score (nSPS) is 18.8. The Kier molecular flexibility index (Phi) is 4.57. The van der Waals surface area contributed by atoms with E-state index >= 15 is 0 Å². The zero-order valence-electron chi connectivity index (χ0n) is 16.4. The smallest absolute Gasteiger partial charge is 0.251 e. The second kappa shape index (κ2) is 7.54. The van der Waals surface area contributed by atoms with Gasteiger partial charge in [0.15, 0.2) is 0 Å². The molecule has 2 unspecified atom stereocenters. The van der Waals surface area contributed by atoms with E-state index in [9.17, 15) is 9.59 Å². The molecule has 6 heteroatoms. The fraction of sp³-hybridized carbons (Fsp3) is 0.120. The number of ether oxygens (including phenoxy) is 1. The van der Waals surface area contributed by atoms with Gasteiger partial charge in [0.25, 0.3) is 6.23 Å². The maximum absolute atomic E-state index is 13.3. The molecular formula is C25H17N3O3. The minimum absolute atomic E-state index is 0.127. The number of carbonyl (C=O) groups excluding carboxylic acids is 2. The van der Waals surface area contributed by atoms with Crippen LogP contribution in [0.2, 0.25) is 0 Å². The summed E-state index contributed by atoms with van der Waals surface area (Å²) < 4.78 is 6.10. The van der Waals surface area contributed by atoms with Crippen molar-refractivity contribution in [3.8, 4) is 11.8 Å². The van der Waals surface area contributed by atoms with E-state index in [2.05, 4.69) is 6.07 Å². The third-order valence-corrected chi connectivity index (χ3v) is 5.60. The van der Waals surface area contributed by atoms with Crippen LogP contribution in [0, 0.1) is 11.3 Å². The molecule has 0 N–H and O–H groups in total. The van der Waals surface area contributed by atoms with E-state index in [1.807, 2.05) is 36.4 Å². The molecule has 0 fully saturated rings. The first-order valence-corrected chi connectivity index (χ1v) is 9.89. The highest BCUT2D eigenvalue weighted by Crippen LogP contribution is 2.43. The van der Waals surface area contributed by atoms with E-state index in [1.165, 1.54) is 0 Å². The molecule has 5 rings (SSSR count). The number of benzene rings is 3. The van der Waals surface area contributed by atoms with Crippen LogP contribution in [0.4, 0.5) is 0 Å². The van der Waals surface area contributed by atoms with Crippen molar-refractivity contribution in [3.63, 3.8) is 0 Å². The van der Waals surface area contributed by atoms with E-state index in [4.69, 9.17) is 15.1 Å². The summed E-state index contributed by atoms with van der Waals surface area (Å²) in [5.41, 5.74) is 4.27. The molecule has 0 aliphatic carbocycles. The van der Waals surface area contributed by atoms with E-state index in [1.54, 1.807) is 41.4 Å². The Morgan fingerprint density at radius 2 is 1.81 bits per heavy atom. The first-order valence-electron chi connectivity index (χ1n) is 9.89. The van der Waals surface area contributed by atoms with Crippen LogP contribution in [-0.2, 0) is 0 Å². The first-order chi connectivity index (χ1) is 15.2. The summed E-state index contributed by atoms with van der Waals surface area (Å²) in [5, 5.41) is 15.5. The Morgan fingerprint density at radius 1 is 1.06 bits per heavy atom. The average Bonchev–Trinajstić information content (AvgIpc) is 3.29. The van der Waals surface area contributed by atoms with E-state index < -0.39 is 6.23 Å². The number of fused-ring (bicyclic) bond motifs is 3. The zero-order valence-corrected chi connectivity index (χ0v) is 16.4. The summed E-state index contributed by atoms with van der Waals surface area (Å²) in [6.07, 6.45) is 0.525. The lowest BCUT2D eigenvalue weighted by atomic mass is 9.95. The number of rotatable bonds is 4. The maximum Gasteiger partial charge on any atom is 0.251 e. The van der Waals surface area contributed by atoms with Gasteiger partial charge in [0.05, 0.1) is 23.4 Å².